The predicted octanol–water partition coefficient (Wildman–Crippen LogP) is 5.01. The lowest BCUT2D eigenvalue weighted by atomic mass is 9.98. The second-order valence-corrected chi connectivity index (χ2v) is 5.90. The van der Waals surface area contributed by atoms with Gasteiger partial charge in [0, 0.05) is 16.1 Å². The number of halogens is 3. The molecule has 21 heavy (non-hydrogen) atoms. The van der Waals surface area contributed by atoms with E-state index in [2.05, 4.69) is 21.2 Å². The van der Waals surface area contributed by atoms with Crippen LogP contribution in [0.1, 0.15) is 30.5 Å². The summed E-state index contributed by atoms with van der Waals surface area (Å²) in [6.45, 7) is 2.81. The van der Waals surface area contributed by atoms with Crippen molar-refractivity contribution in [2.24, 2.45) is 0 Å². The van der Waals surface area contributed by atoms with Crippen LogP contribution in [-0.2, 0) is 6.42 Å². The van der Waals surface area contributed by atoms with Crippen LogP contribution in [0.4, 0.5) is 8.78 Å². The number of nitrogens with one attached hydrogen (secondary N) is 1. The normalized spacial score (nSPS) is 12.4. The molecule has 0 aromatic heterocycles. The average Bonchev–Trinajstić information content (AvgIpc) is 2.47. The highest BCUT2D eigenvalue weighted by Gasteiger charge is 2.18. The third kappa shape index (κ3) is 4.35. The minimum absolute atomic E-state index is 0.241. The van der Waals surface area contributed by atoms with E-state index in [1.54, 1.807) is 12.1 Å². The van der Waals surface area contributed by atoms with E-state index >= 15 is 0 Å². The maximum Gasteiger partial charge on any atom is 0.163 e. The largest absolute Gasteiger partial charge is 0.310 e. The molecule has 0 saturated carbocycles. The Morgan fingerprint density at radius 3 is 2.62 bits per heavy atom. The molecule has 112 valence electrons. The molecular weight excluding hydrogens is 336 g/mol. The van der Waals surface area contributed by atoms with Gasteiger partial charge in [-0.05, 0) is 43.1 Å². The zero-order valence-electron chi connectivity index (χ0n) is 11.9. The van der Waals surface area contributed by atoms with Crippen LogP contribution < -0.4 is 5.32 Å². The summed E-state index contributed by atoms with van der Waals surface area (Å²) in [4.78, 5) is 0. The molecule has 0 fully saturated rings. The molecule has 0 aliphatic heterocycles. The van der Waals surface area contributed by atoms with Crippen LogP contribution in [0.25, 0.3) is 0 Å². The van der Waals surface area contributed by atoms with Crippen molar-refractivity contribution in [2.75, 3.05) is 6.54 Å². The third-order valence-corrected chi connectivity index (χ3v) is 3.82. The Labute approximate surface area is 132 Å². The van der Waals surface area contributed by atoms with Crippen LogP contribution in [0.2, 0.25) is 0 Å². The summed E-state index contributed by atoms with van der Waals surface area (Å²) >= 11 is 3.43. The number of benzene rings is 2. The quantitative estimate of drug-likeness (QED) is 0.769. The van der Waals surface area contributed by atoms with E-state index in [0.29, 0.717) is 12.0 Å². The van der Waals surface area contributed by atoms with Gasteiger partial charge in [0.15, 0.2) is 11.6 Å². The molecule has 1 unspecified atom stereocenters. The van der Waals surface area contributed by atoms with E-state index in [4.69, 9.17) is 0 Å². The molecule has 0 saturated heterocycles. The Morgan fingerprint density at radius 2 is 1.90 bits per heavy atom. The van der Waals surface area contributed by atoms with Crippen LogP contribution in [-0.4, -0.2) is 6.54 Å². The first-order valence-electron chi connectivity index (χ1n) is 7.03. The van der Waals surface area contributed by atoms with Crippen molar-refractivity contribution in [3.05, 3.63) is 69.7 Å². The summed E-state index contributed by atoms with van der Waals surface area (Å²) in [5.41, 5.74) is 1.45. The lowest BCUT2D eigenvalue weighted by Crippen LogP contribution is -2.25. The molecule has 1 atom stereocenters. The number of rotatable bonds is 6. The summed E-state index contributed by atoms with van der Waals surface area (Å²) < 4.78 is 28.5. The van der Waals surface area contributed by atoms with Crippen LogP contribution in [0.5, 0.6) is 0 Å². The highest BCUT2D eigenvalue weighted by Crippen LogP contribution is 2.24. The summed E-state index contributed by atoms with van der Waals surface area (Å²) in [5, 5.41) is 3.30. The van der Waals surface area contributed by atoms with E-state index in [1.165, 1.54) is 0 Å². The summed E-state index contributed by atoms with van der Waals surface area (Å²) in [6, 6.07) is 12.0. The molecule has 0 heterocycles. The van der Waals surface area contributed by atoms with Gasteiger partial charge in [0.25, 0.3) is 0 Å². The Hall–Kier alpha value is -1.26. The van der Waals surface area contributed by atoms with E-state index in [1.807, 2.05) is 31.2 Å². The number of hydrogen-bond acceptors (Lipinski definition) is 1. The fourth-order valence-electron chi connectivity index (χ4n) is 2.30. The van der Waals surface area contributed by atoms with Gasteiger partial charge < -0.3 is 5.32 Å². The van der Waals surface area contributed by atoms with Gasteiger partial charge >= 0.3 is 0 Å². The second kappa shape index (κ2) is 7.66. The summed E-state index contributed by atoms with van der Waals surface area (Å²) in [6.07, 6.45) is 1.55. The molecule has 1 nitrogen and oxygen atoms in total. The van der Waals surface area contributed by atoms with Crippen LogP contribution in [0, 0.1) is 11.6 Å². The zero-order chi connectivity index (χ0) is 15.2. The highest BCUT2D eigenvalue weighted by atomic mass is 79.9. The van der Waals surface area contributed by atoms with Crippen LogP contribution >= 0.6 is 15.9 Å². The van der Waals surface area contributed by atoms with Crippen molar-refractivity contribution in [1.82, 2.24) is 5.32 Å². The van der Waals surface area contributed by atoms with Crippen molar-refractivity contribution in [3.63, 3.8) is 0 Å². The average molecular weight is 354 g/mol. The molecule has 0 bridgehead atoms. The van der Waals surface area contributed by atoms with Gasteiger partial charge in [-0.15, -0.1) is 0 Å². The fraction of sp³-hybridized carbons (Fsp3) is 0.294. The minimum Gasteiger partial charge on any atom is -0.310 e. The molecule has 2 aromatic carbocycles. The smallest absolute Gasteiger partial charge is 0.163 e. The molecule has 1 N–H and O–H groups in total. The van der Waals surface area contributed by atoms with E-state index in [0.717, 1.165) is 29.1 Å². The zero-order valence-corrected chi connectivity index (χ0v) is 13.5. The van der Waals surface area contributed by atoms with Gasteiger partial charge in [0.2, 0.25) is 0 Å². The monoisotopic (exact) mass is 353 g/mol. The lowest BCUT2D eigenvalue weighted by molar-refractivity contribution is 0.459. The first kappa shape index (κ1) is 16.1. The Kier molecular flexibility index (Phi) is 5.88. The first-order valence-corrected chi connectivity index (χ1v) is 7.83. The van der Waals surface area contributed by atoms with Crippen molar-refractivity contribution in [2.45, 2.75) is 25.8 Å². The van der Waals surface area contributed by atoms with Crippen molar-refractivity contribution < 1.29 is 8.78 Å². The standard InChI is InChI=1S/C17H18BrF2N/c1-2-9-21-16(11-12-5-3-6-13(18)10-12)14-7-4-8-15(19)17(14)20/h3-8,10,16,21H,2,9,11H2,1H3. The molecule has 2 rings (SSSR count). The molecule has 2 aromatic rings. The Bertz CT molecular complexity index is 601. The minimum atomic E-state index is -0.801. The molecule has 0 spiro atoms. The molecular formula is C17H18BrF2N. The van der Waals surface area contributed by atoms with Gasteiger partial charge in [0.1, 0.15) is 0 Å². The first-order chi connectivity index (χ1) is 10.1. The Balaban J connectivity index is 2.27. The van der Waals surface area contributed by atoms with Gasteiger partial charge in [-0.1, -0.05) is 47.1 Å². The molecule has 0 radical (unpaired) electrons. The third-order valence-electron chi connectivity index (χ3n) is 3.33. The predicted molar refractivity (Wildman–Crippen MR) is 85.2 cm³/mol. The van der Waals surface area contributed by atoms with Gasteiger partial charge in [-0.3, -0.25) is 0 Å². The van der Waals surface area contributed by atoms with E-state index in [-0.39, 0.29) is 6.04 Å². The highest BCUT2D eigenvalue weighted by molar-refractivity contribution is 9.10. The molecule has 0 amide bonds. The summed E-state index contributed by atoms with van der Waals surface area (Å²) in [5.74, 6) is -1.56. The van der Waals surface area contributed by atoms with Crippen molar-refractivity contribution in [3.8, 4) is 0 Å². The van der Waals surface area contributed by atoms with E-state index in [9.17, 15) is 8.78 Å². The van der Waals surface area contributed by atoms with Crippen molar-refractivity contribution in [1.29, 1.82) is 0 Å². The van der Waals surface area contributed by atoms with Crippen LogP contribution in [0.15, 0.2) is 46.9 Å². The fourth-order valence-corrected chi connectivity index (χ4v) is 2.75. The van der Waals surface area contributed by atoms with Gasteiger partial charge in [0.05, 0.1) is 0 Å². The van der Waals surface area contributed by atoms with Crippen LogP contribution in [0.3, 0.4) is 0 Å². The van der Waals surface area contributed by atoms with E-state index < -0.39 is 11.6 Å². The topological polar surface area (TPSA) is 12.0 Å². The Morgan fingerprint density at radius 1 is 1.14 bits per heavy atom. The molecule has 4 heteroatoms. The number of hydrogen-bond donors (Lipinski definition) is 1. The molecule has 0 aliphatic carbocycles. The SMILES string of the molecule is CCCNC(Cc1cccc(Br)c1)c1cccc(F)c1F. The lowest BCUT2D eigenvalue weighted by Gasteiger charge is -2.20. The van der Waals surface area contributed by atoms with Gasteiger partial charge in [-0.25, -0.2) is 8.78 Å². The molecule has 0 aliphatic rings. The summed E-state index contributed by atoms with van der Waals surface area (Å²) in [7, 11) is 0. The second-order valence-electron chi connectivity index (χ2n) is 4.98. The maximum absolute atomic E-state index is 14.0. The van der Waals surface area contributed by atoms with Crippen molar-refractivity contribution >= 4 is 15.9 Å². The maximum atomic E-state index is 14.0. The van der Waals surface area contributed by atoms with Gasteiger partial charge in [-0.2, -0.15) is 0 Å².